The van der Waals surface area contributed by atoms with Crippen LogP contribution in [0, 0.1) is 0 Å². The van der Waals surface area contributed by atoms with Gasteiger partial charge in [-0.15, -0.1) is 0 Å². The van der Waals surface area contributed by atoms with Crippen LogP contribution in [-0.2, 0) is 4.79 Å². The van der Waals surface area contributed by atoms with Crippen molar-refractivity contribution in [3.05, 3.63) is 0 Å². The van der Waals surface area contributed by atoms with Crippen LogP contribution in [0.2, 0.25) is 0 Å². The smallest absolute Gasteiger partial charge is 0.219 e. The van der Waals surface area contributed by atoms with Crippen LogP contribution in [-0.4, -0.2) is 12.5 Å². The van der Waals surface area contributed by atoms with Crippen LogP contribution >= 0.6 is 0 Å². The van der Waals surface area contributed by atoms with Crippen molar-refractivity contribution < 1.29 is 4.79 Å². The second-order valence-electron chi connectivity index (χ2n) is 5.99. The van der Waals surface area contributed by atoms with Crippen LogP contribution in [0.25, 0.3) is 0 Å². The summed E-state index contributed by atoms with van der Waals surface area (Å²) in [6, 6.07) is 0. The van der Waals surface area contributed by atoms with E-state index in [0.29, 0.717) is 6.42 Å². The van der Waals surface area contributed by atoms with Crippen molar-refractivity contribution in [2.24, 2.45) is 0 Å². The maximum absolute atomic E-state index is 11.4. The molecule has 0 aliphatic heterocycles. The zero-order valence-electron chi connectivity index (χ0n) is 14.0. The van der Waals surface area contributed by atoms with E-state index >= 15 is 0 Å². The van der Waals surface area contributed by atoms with Crippen LogP contribution in [0.3, 0.4) is 0 Å². The fourth-order valence-corrected chi connectivity index (χ4v) is 2.44. The molecule has 0 bridgehead atoms. The lowest BCUT2D eigenvalue weighted by Gasteiger charge is -2.05. The minimum atomic E-state index is 0.235. The summed E-state index contributed by atoms with van der Waals surface area (Å²) >= 11 is 0. The molecule has 0 aromatic carbocycles. The van der Waals surface area contributed by atoms with Crippen molar-refractivity contribution >= 4 is 5.91 Å². The summed E-state index contributed by atoms with van der Waals surface area (Å²) in [5.41, 5.74) is 0. The van der Waals surface area contributed by atoms with Gasteiger partial charge in [-0.05, 0) is 12.8 Å². The molecule has 0 radical (unpaired) electrons. The minimum absolute atomic E-state index is 0.235. The quantitative estimate of drug-likeness (QED) is 0.389. The molecule has 120 valence electrons. The molecule has 0 aliphatic rings. The summed E-state index contributed by atoms with van der Waals surface area (Å²) < 4.78 is 0. The average molecular weight is 284 g/mol. The molecule has 2 heteroatoms. The van der Waals surface area contributed by atoms with Gasteiger partial charge in [0.1, 0.15) is 0 Å². The molecule has 0 atom stereocenters. The Bertz CT molecular complexity index is 204. The third-order valence-corrected chi connectivity index (χ3v) is 3.86. The number of unbranched alkanes of at least 4 members (excludes halogenated alkanes) is 11. The van der Waals surface area contributed by atoms with E-state index < -0.39 is 0 Å². The first-order valence-electron chi connectivity index (χ1n) is 9.08. The van der Waals surface area contributed by atoms with Crippen molar-refractivity contribution in [3.63, 3.8) is 0 Å². The normalized spacial score (nSPS) is 10.7. The van der Waals surface area contributed by atoms with E-state index in [0.717, 1.165) is 25.8 Å². The van der Waals surface area contributed by atoms with Gasteiger partial charge in [0.05, 0.1) is 0 Å². The highest BCUT2D eigenvalue weighted by molar-refractivity contribution is 5.75. The minimum Gasteiger partial charge on any atom is -0.356 e. The number of rotatable bonds is 15. The van der Waals surface area contributed by atoms with Gasteiger partial charge in [-0.2, -0.15) is 0 Å². The van der Waals surface area contributed by atoms with E-state index in [2.05, 4.69) is 19.2 Å². The molecule has 1 amide bonds. The Morgan fingerprint density at radius 2 is 1.10 bits per heavy atom. The monoisotopic (exact) mass is 283 g/mol. The topological polar surface area (TPSA) is 29.1 Å². The molecule has 0 heterocycles. The van der Waals surface area contributed by atoms with E-state index in [-0.39, 0.29) is 5.91 Å². The van der Waals surface area contributed by atoms with Crippen LogP contribution in [0.1, 0.15) is 104 Å². The van der Waals surface area contributed by atoms with Gasteiger partial charge < -0.3 is 5.32 Å². The van der Waals surface area contributed by atoms with Crippen molar-refractivity contribution in [2.75, 3.05) is 6.54 Å². The van der Waals surface area contributed by atoms with Crippen molar-refractivity contribution in [3.8, 4) is 0 Å². The Morgan fingerprint density at radius 1 is 0.650 bits per heavy atom. The van der Waals surface area contributed by atoms with Crippen LogP contribution < -0.4 is 5.32 Å². The summed E-state index contributed by atoms with van der Waals surface area (Å²) in [6.07, 6.45) is 17.8. The molecule has 0 saturated heterocycles. The average Bonchev–Trinajstić information content (AvgIpc) is 2.46. The maximum Gasteiger partial charge on any atom is 0.219 e. The Morgan fingerprint density at radius 3 is 1.60 bits per heavy atom. The molecule has 0 fully saturated rings. The van der Waals surface area contributed by atoms with Gasteiger partial charge in [-0.1, -0.05) is 84.5 Å². The molecule has 0 aromatic rings. The molecular weight excluding hydrogens is 246 g/mol. The summed E-state index contributed by atoms with van der Waals surface area (Å²) in [5, 5.41) is 3.01. The predicted molar refractivity (Wildman–Crippen MR) is 89.0 cm³/mol. The van der Waals surface area contributed by atoms with E-state index in [4.69, 9.17) is 0 Å². The lowest BCUT2D eigenvalue weighted by Crippen LogP contribution is -2.23. The third-order valence-electron chi connectivity index (χ3n) is 3.86. The van der Waals surface area contributed by atoms with Crippen molar-refractivity contribution in [1.82, 2.24) is 5.32 Å². The predicted octanol–water partition coefficient (Wildman–Crippen LogP) is 5.60. The van der Waals surface area contributed by atoms with Gasteiger partial charge in [0.25, 0.3) is 0 Å². The highest BCUT2D eigenvalue weighted by Gasteiger charge is 1.98. The van der Waals surface area contributed by atoms with E-state index in [1.54, 1.807) is 0 Å². The van der Waals surface area contributed by atoms with Crippen molar-refractivity contribution in [1.29, 1.82) is 0 Å². The molecule has 0 aliphatic carbocycles. The molecule has 0 rings (SSSR count). The lowest BCUT2D eigenvalue weighted by molar-refractivity contribution is -0.121. The second kappa shape index (κ2) is 16.5. The van der Waals surface area contributed by atoms with Crippen LogP contribution in [0.15, 0.2) is 0 Å². The van der Waals surface area contributed by atoms with Gasteiger partial charge in [0.2, 0.25) is 5.91 Å². The molecule has 0 aromatic heterocycles. The highest BCUT2D eigenvalue weighted by atomic mass is 16.1. The fraction of sp³-hybridized carbons (Fsp3) is 0.944. The van der Waals surface area contributed by atoms with Gasteiger partial charge in [-0.3, -0.25) is 4.79 Å². The second-order valence-corrected chi connectivity index (χ2v) is 5.99. The molecule has 0 spiro atoms. The Labute approximate surface area is 127 Å². The highest BCUT2D eigenvalue weighted by Crippen LogP contribution is 2.11. The number of carbonyl (C=O) groups excluding carboxylic acids is 1. The molecule has 0 unspecified atom stereocenters. The fourth-order valence-electron chi connectivity index (χ4n) is 2.44. The number of hydrogen-bond acceptors (Lipinski definition) is 1. The molecule has 20 heavy (non-hydrogen) atoms. The summed E-state index contributed by atoms with van der Waals surface area (Å²) in [4.78, 5) is 11.4. The lowest BCUT2D eigenvalue weighted by atomic mass is 10.1. The summed E-state index contributed by atoms with van der Waals surface area (Å²) in [6.45, 7) is 5.27. The number of carbonyl (C=O) groups is 1. The van der Waals surface area contributed by atoms with Crippen LogP contribution in [0.4, 0.5) is 0 Å². The SMILES string of the molecule is CCCCCCCCCCCCCNC(=O)CCCC. The van der Waals surface area contributed by atoms with Gasteiger partial charge >= 0.3 is 0 Å². The Balaban J connectivity index is 3.04. The first-order valence-corrected chi connectivity index (χ1v) is 9.08. The first-order chi connectivity index (χ1) is 9.81. The number of nitrogens with one attached hydrogen (secondary N) is 1. The maximum atomic E-state index is 11.4. The van der Waals surface area contributed by atoms with Gasteiger partial charge in [0.15, 0.2) is 0 Å². The van der Waals surface area contributed by atoms with Gasteiger partial charge in [0, 0.05) is 13.0 Å². The van der Waals surface area contributed by atoms with Crippen molar-refractivity contribution in [2.45, 2.75) is 104 Å². The summed E-state index contributed by atoms with van der Waals surface area (Å²) in [7, 11) is 0. The van der Waals surface area contributed by atoms with E-state index in [1.165, 1.54) is 64.2 Å². The van der Waals surface area contributed by atoms with Crippen LogP contribution in [0.5, 0.6) is 0 Å². The largest absolute Gasteiger partial charge is 0.356 e. The first kappa shape index (κ1) is 19.5. The number of amides is 1. The molecule has 1 N–H and O–H groups in total. The van der Waals surface area contributed by atoms with E-state index in [1.807, 2.05) is 0 Å². The third kappa shape index (κ3) is 15.5. The summed E-state index contributed by atoms with van der Waals surface area (Å²) in [5.74, 6) is 0.235. The standard InChI is InChI=1S/C18H37NO/c1-3-5-7-8-9-10-11-12-13-14-15-17-19-18(20)16-6-4-2/h3-17H2,1-2H3,(H,19,20). The molecule has 0 saturated carbocycles. The molecule has 2 nitrogen and oxygen atoms in total. The zero-order chi connectivity index (χ0) is 14.9. The zero-order valence-corrected chi connectivity index (χ0v) is 14.0. The number of hydrogen-bond donors (Lipinski definition) is 1. The Kier molecular flexibility index (Phi) is 16.1. The molecular formula is C18H37NO. The van der Waals surface area contributed by atoms with Gasteiger partial charge in [-0.25, -0.2) is 0 Å². The Hall–Kier alpha value is -0.530. The van der Waals surface area contributed by atoms with E-state index in [9.17, 15) is 4.79 Å².